The highest BCUT2D eigenvalue weighted by Gasteiger charge is 2.21. The molecule has 176 valence electrons. The Hall–Kier alpha value is -3.66. The van der Waals surface area contributed by atoms with Gasteiger partial charge in [-0.3, -0.25) is 10.00 Å². The van der Waals surface area contributed by atoms with Gasteiger partial charge in [-0.2, -0.15) is 10.1 Å². The molecule has 1 aromatic carbocycles. The Labute approximate surface area is 192 Å². The van der Waals surface area contributed by atoms with Gasteiger partial charge in [0.2, 0.25) is 5.95 Å². The standard InChI is InChI=1S/C23H30N6O4/c1-6-7-10-24-21-20-19(25-22(26-21)27-23(31)33-5)18(14(2)3)28-29(20)12-16-9-8-15(13-30)11-17(16)32-4/h8-9,11,30H,2,6-7,10,12-13H2,1,3-5H3,(H2,24,25,26,27,31). The number of nitrogens with zero attached hydrogens (tertiary/aromatic N) is 4. The summed E-state index contributed by atoms with van der Waals surface area (Å²) in [6.07, 6.45) is 1.30. The van der Waals surface area contributed by atoms with Crippen LogP contribution in [0, 0.1) is 0 Å². The van der Waals surface area contributed by atoms with E-state index in [1.807, 2.05) is 19.1 Å². The van der Waals surface area contributed by atoms with E-state index in [1.165, 1.54) is 7.11 Å². The zero-order valence-electron chi connectivity index (χ0n) is 19.4. The van der Waals surface area contributed by atoms with Crippen LogP contribution >= 0.6 is 0 Å². The van der Waals surface area contributed by atoms with Crippen molar-refractivity contribution in [1.82, 2.24) is 19.7 Å². The first kappa shape index (κ1) is 24.0. The number of methoxy groups -OCH3 is 2. The molecular weight excluding hydrogens is 424 g/mol. The SMILES string of the molecule is C=C(C)c1nn(Cc2ccc(CO)cc2OC)c2c(NCCCC)nc(NC(=O)OC)nc12. The number of hydrogen-bond acceptors (Lipinski definition) is 8. The van der Waals surface area contributed by atoms with Crippen molar-refractivity contribution in [3.05, 3.63) is 41.6 Å². The molecular formula is C23H30N6O4. The second-order valence-electron chi connectivity index (χ2n) is 7.58. The van der Waals surface area contributed by atoms with Crippen molar-refractivity contribution in [2.24, 2.45) is 0 Å². The van der Waals surface area contributed by atoms with Crippen LogP contribution in [-0.2, 0) is 17.9 Å². The summed E-state index contributed by atoms with van der Waals surface area (Å²) in [7, 11) is 2.87. The van der Waals surface area contributed by atoms with Crippen molar-refractivity contribution in [1.29, 1.82) is 0 Å². The number of anilines is 2. The number of carbonyl (C=O) groups excluding carboxylic acids is 1. The average Bonchev–Trinajstić information content (AvgIpc) is 3.18. The van der Waals surface area contributed by atoms with Gasteiger partial charge in [-0.25, -0.2) is 9.78 Å². The summed E-state index contributed by atoms with van der Waals surface area (Å²) in [5.41, 5.74) is 4.21. The van der Waals surface area contributed by atoms with Crippen LogP contribution in [0.1, 0.15) is 43.5 Å². The molecule has 0 saturated carbocycles. The third-order valence-electron chi connectivity index (χ3n) is 5.07. The van der Waals surface area contributed by atoms with Crippen molar-refractivity contribution in [3.63, 3.8) is 0 Å². The van der Waals surface area contributed by atoms with Gasteiger partial charge in [-0.1, -0.05) is 32.1 Å². The Morgan fingerprint density at radius 3 is 2.70 bits per heavy atom. The maximum atomic E-state index is 11.8. The van der Waals surface area contributed by atoms with Gasteiger partial charge in [0, 0.05) is 12.1 Å². The molecule has 0 bridgehead atoms. The predicted octanol–water partition coefficient (Wildman–Crippen LogP) is 3.80. The number of aliphatic hydroxyl groups excluding tert-OH is 1. The lowest BCUT2D eigenvalue weighted by Gasteiger charge is -2.13. The highest BCUT2D eigenvalue weighted by atomic mass is 16.5. The number of aromatic nitrogens is 4. The molecule has 0 spiro atoms. The molecule has 0 aliphatic carbocycles. The minimum absolute atomic E-state index is 0.0730. The Kier molecular flexibility index (Phi) is 7.83. The van der Waals surface area contributed by atoms with Crippen LogP contribution in [0.25, 0.3) is 16.6 Å². The summed E-state index contributed by atoms with van der Waals surface area (Å²) >= 11 is 0. The lowest BCUT2D eigenvalue weighted by molar-refractivity contribution is 0.186. The summed E-state index contributed by atoms with van der Waals surface area (Å²) in [5, 5.41) is 20.1. The number of aliphatic hydroxyl groups is 1. The molecule has 1 amide bonds. The van der Waals surface area contributed by atoms with E-state index in [2.05, 4.69) is 34.1 Å². The maximum Gasteiger partial charge on any atom is 0.413 e. The third-order valence-corrected chi connectivity index (χ3v) is 5.07. The number of fused-ring (bicyclic) bond motifs is 1. The van der Waals surface area contributed by atoms with E-state index in [4.69, 9.17) is 14.6 Å². The second-order valence-corrected chi connectivity index (χ2v) is 7.58. The number of carbonyl (C=O) groups is 1. The monoisotopic (exact) mass is 454 g/mol. The van der Waals surface area contributed by atoms with Crippen molar-refractivity contribution >= 4 is 34.5 Å². The summed E-state index contributed by atoms with van der Waals surface area (Å²) in [6.45, 7) is 9.00. The Bertz CT molecular complexity index is 1160. The van der Waals surface area contributed by atoms with E-state index < -0.39 is 6.09 Å². The van der Waals surface area contributed by atoms with Gasteiger partial charge in [-0.05, 0) is 30.5 Å². The van der Waals surface area contributed by atoms with Crippen molar-refractivity contribution in [2.45, 2.75) is 39.8 Å². The molecule has 2 aromatic heterocycles. The molecule has 0 unspecified atom stereocenters. The third kappa shape index (κ3) is 5.40. The van der Waals surface area contributed by atoms with E-state index in [9.17, 15) is 9.90 Å². The van der Waals surface area contributed by atoms with Crippen molar-refractivity contribution in [2.75, 3.05) is 31.4 Å². The Morgan fingerprint density at radius 2 is 2.06 bits per heavy atom. The molecule has 0 aliphatic rings. The summed E-state index contributed by atoms with van der Waals surface area (Å²) in [5.74, 6) is 1.30. The smallest absolute Gasteiger partial charge is 0.413 e. The molecule has 0 fully saturated rings. The number of amides is 1. The average molecular weight is 455 g/mol. The number of allylic oxidation sites excluding steroid dienone is 1. The Morgan fingerprint density at radius 1 is 1.27 bits per heavy atom. The molecule has 10 heteroatoms. The zero-order chi connectivity index (χ0) is 24.0. The summed E-state index contributed by atoms with van der Waals surface area (Å²) in [4.78, 5) is 20.8. The van der Waals surface area contributed by atoms with Crippen LogP contribution in [0.15, 0.2) is 24.8 Å². The number of ether oxygens (including phenoxy) is 2. The predicted molar refractivity (Wildman–Crippen MR) is 127 cm³/mol. The van der Waals surface area contributed by atoms with Crippen molar-refractivity contribution in [3.8, 4) is 5.75 Å². The normalized spacial score (nSPS) is 10.8. The first-order valence-electron chi connectivity index (χ1n) is 10.7. The molecule has 0 aliphatic heterocycles. The fourth-order valence-electron chi connectivity index (χ4n) is 3.37. The van der Waals surface area contributed by atoms with E-state index >= 15 is 0 Å². The first-order valence-corrected chi connectivity index (χ1v) is 10.7. The van der Waals surface area contributed by atoms with Crippen LogP contribution in [0.5, 0.6) is 5.75 Å². The zero-order valence-corrected chi connectivity index (χ0v) is 19.4. The molecule has 10 nitrogen and oxygen atoms in total. The fourth-order valence-corrected chi connectivity index (χ4v) is 3.37. The molecule has 0 saturated heterocycles. The van der Waals surface area contributed by atoms with Gasteiger partial charge in [0.25, 0.3) is 0 Å². The molecule has 0 atom stereocenters. The quantitative estimate of drug-likeness (QED) is 0.395. The number of hydrogen-bond donors (Lipinski definition) is 3. The number of rotatable bonds is 10. The molecule has 0 radical (unpaired) electrons. The topological polar surface area (TPSA) is 123 Å². The van der Waals surface area contributed by atoms with Gasteiger partial charge in [0.1, 0.15) is 22.5 Å². The van der Waals surface area contributed by atoms with Crippen LogP contribution in [0.3, 0.4) is 0 Å². The molecule has 3 rings (SSSR count). The summed E-state index contributed by atoms with van der Waals surface area (Å²) in [6, 6.07) is 5.55. The largest absolute Gasteiger partial charge is 0.496 e. The van der Waals surface area contributed by atoms with E-state index in [0.717, 1.165) is 29.5 Å². The van der Waals surface area contributed by atoms with Gasteiger partial charge >= 0.3 is 6.09 Å². The lowest BCUT2D eigenvalue weighted by Crippen LogP contribution is -2.15. The Balaban J connectivity index is 2.16. The molecule has 33 heavy (non-hydrogen) atoms. The first-order chi connectivity index (χ1) is 15.9. The van der Waals surface area contributed by atoms with Crippen LogP contribution in [-0.4, -0.2) is 51.7 Å². The number of unbranched alkanes of at least 4 members (excludes halogenated alkanes) is 1. The number of benzene rings is 1. The number of nitrogens with one attached hydrogen (secondary N) is 2. The van der Waals surface area contributed by atoms with E-state index in [0.29, 0.717) is 41.4 Å². The van der Waals surface area contributed by atoms with E-state index in [1.54, 1.807) is 17.9 Å². The van der Waals surface area contributed by atoms with Crippen LogP contribution in [0.4, 0.5) is 16.6 Å². The fraction of sp³-hybridized carbons (Fsp3) is 0.391. The van der Waals surface area contributed by atoms with Crippen molar-refractivity contribution < 1.29 is 19.4 Å². The minimum atomic E-state index is -0.660. The van der Waals surface area contributed by atoms with Crippen LogP contribution in [0.2, 0.25) is 0 Å². The van der Waals surface area contributed by atoms with Gasteiger partial charge in [-0.15, -0.1) is 0 Å². The second kappa shape index (κ2) is 10.8. The highest BCUT2D eigenvalue weighted by Crippen LogP contribution is 2.30. The van der Waals surface area contributed by atoms with Crippen LogP contribution < -0.4 is 15.4 Å². The van der Waals surface area contributed by atoms with Gasteiger partial charge in [0.15, 0.2) is 5.82 Å². The maximum absolute atomic E-state index is 11.8. The molecule has 2 heterocycles. The lowest BCUT2D eigenvalue weighted by atomic mass is 10.1. The van der Waals surface area contributed by atoms with Gasteiger partial charge in [0.05, 0.1) is 27.4 Å². The van der Waals surface area contributed by atoms with E-state index in [-0.39, 0.29) is 12.6 Å². The molecule has 3 aromatic rings. The van der Waals surface area contributed by atoms with Gasteiger partial charge < -0.3 is 19.9 Å². The minimum Gasteiger partial charge on any atom is -0.496 e. The molecule has 3 N–H and O–H groups in total. The summed E-state index contributed by atoms with van der Waals surface area (Å²) < 4.78 is 12.0. The highest BCUT2D eigenvalue weighted by molar-refractivity contribution is 5.95.